The molecule has 1 unspecified atom stereocenters. The predicted octanol–water partition coefficient (Wildman–Crippen LogP) is 6.10. The zero-order valence-electron chi connectivity index (χ0n) is 22.9. The van der Waals surface area contributed by atoms with E-state index in [1.807, 2.05) is 24.3 Å². The van der Waals surface area contributed by atoms with Crippen molar-refractivity contribution in [1.82, 2.24) is 10.6 Å². The Morgan fingerprint density at radius 2 is 1.02 bits per heavy atom. The molecule has 0 aliphatic carbocycles. The van der Waals surface area contributed by atoms with Crippen LogP contribution in [0.25, 0.3) is 0 Å². The summed E-state index contributed by atoms with van der Waals surface area (Å²) < 4.78 is 0. The van der Waals surface area contributed by atoms with Crippen LogP contribution in [0.4, 0.5) is 0 Å². The molecule has 2 fully saturated rings. The number of benzene rings is 3. The fraction of sp³-hybridized carbons (Fsp3) is 0.300. The third kappa shape index (κ3) is 13.5. The molecule has 0 aromatic heterocycles. The molecular weight excluding hydrogens is 642 g/mol. The summed E-state index contributed by atoms with van der Waals surface area (Å²) in [6, 6.07) is 19.8. The Labute approximate surface area is 269 Å². The number of hydrogen-bond donors (Lipinski definition) is 6. The van der Waals surface area contributed by atoms with Gasteiger partial charge in [0, 0.05) is 33.2 Å². The number of aliphatic hydroxyl groups excluding tert-OH is 1. The van der Waals surface area contributed by atoms with E-state index in [0.717, 1.165) is 46.3 Å². The molecule has 0 spiro atoms. The minimum absolute atomic E-state index is 0.403. The summed E-state index contributed by atoms with van der Waals surface area (Å²) in [6.07, 6.45) is 0.948. The predicted molar refractivity (Wildman–Crippen MR) is 168 cm³/mol. The monoisotopic (exact) mass is 672 g/mol. The first-order valence-electron chi connectivity index (χ1n) is 13.1. The van der Waals surface area contributed by atoms with Crippen LogP contribution in [0.1, 0.15) is 47.5 Å². The third-order valence-electron chi connectivity index (χ3n) is 6.37. The van der Waals surface area contributed by atoms with Crippen LogP contribution >= 0.6 is 46.4 Å². The van der Waals surface area contributed by atoms with Crippen LogP contribution in [0, 0.1) is 0 Å². The fourth-order valence-electron chi connectivity index (χ4n) is 4.28. The zero-order chi connectivity index (χ0) is 31.9. The Balaban J connectivity index is 0.000000207. The Kier molecular flexibility index (Phi) is 15.8. The van der Waals surface area contributed by atoms with E-state index in [4.69, 9.17) is 76.4 Å². The molecule has 2 aliphatic heterocycles. The summed E-state index contributed by atoms with van der Waals surface area (Å²) in [6.45, 7) is 4.26. The van der Waals surface area contributed by atoms with Crippen molar-refractivity contribution in [3.8, 4) is 0 Å². The molecule has 0 bridgehead atoms. The van der Waals surface area contributed by atoms with Crippen LogP contribution in [-0.2, 0) is 14.4 Å². The Morgan fingerprint density at radius 3 is 1.30 bits per heavy atom. The molecule has 3 atom stereocenters. The molecule has 2 saturated heterocycles. The molecule has 6 N–H and O–H groups in total. The van der Waals surface area contributed by atoms with Gasteiger partial charge in [0.25, 0.3) is 0 Å². The van der Waals surface area contributed by atoms with E-state index in [0.29, 0.717) is 17.4 Å². The average Bonchev–Trinajstić information content (AvgIpc) is 3.68. The largest absolute Gasteiger partial charge is 0.479 e. The van der Waals surface area contributed by atoms with E-state index in [1.165, 1.54) is 24.0 Å². The first-order chi connectivity index (χ1) is 20.4. The summed E-state index contributed by atoms with van der Waals surface area (Å²) in [4.78, 5) is 28.4. The van der Waals surface area contributed by atoms with Crippen LogP contribution in [0.15, 0.2) is 66.7 Å². The molecule has 13 heteroatoms. The maximum absolute atomic E-state index is 10.2. The number of carbonyl (C=O) groups is 3. The van der Waals surface area contributed by atoms with Gasteiger partial charge in [-0.15, -0.1) is 0 Å². The Bertz CT molecular complexity index is 1230. The molecular formula is C30H32Cl4N2O7. The van der Waals surface area contributed by atoms with Crippen molar-refractivity contribution >= 4 is 64.3 Å². The number of hydrogen-bond acceptors (Lipinski definition) is 6. The van der Waals surface area contributed by atoms with Crippen LogP contribution in [0.2, 0.25) is 20.1 Å². The van der Waals surface area contributed by atoms with E-state index in [-0.39, 0.29) is 0 Å². The minimum atomic E-state index is -1.82. The third-order valence-corrected chi connectivity index (χ3v) is 7.24. The SMILES string of the molecule is Clc1cc(Cl)cc(C2CCNC2)c1.Clc1cc(Cl)cc([C@H]2CCNC2)c1.O=C(O)C(=O)O.O=C(O)[C@H](O)c1ccccc1. The second kappa shape index (κ2) is 18.7. The van der Waals surface area contributed by atoms with Crippen molar-refractivity contribution < 1.29 is 34.8 Å². The van der Waals surface area contributed by atoms with Crippen LogP contribution in [0.3, 0.4) is 0 Å². The molecule has 0 amide bonds. The van der Waals surface area contributed by atoms with Crippen molar-refractivity contribution in [2.75, 3.05) is 26.2 Å². The lowest BCUT2D eigenvalue weighted by Gasteiger charge is -2.09. The summed E-state index contributed by atoms with van der Waals surface area (Å²) in [5, 5.41) is 41.7. The summed E-state index contributed by atoms with van der Waals surface area (Å²) in [7, 11) is 0. The smallest absolute Gasteiger partial charge is 0.414 e. The average molecular weight is 674 g/mol. The maximum atomic E-state index is 10.2. The van der Waals surface area contributed by atoms with Crippen molar-refractivity contribution in [3.05, 3.63) is 104 Å². The first-order valence-corrected chi connectivity index (χ1v) is 14.6. The van der Waals surface area contributed by atoms with Gasteiger partial charge in [-0.25, -0.2) is 14.4 Å². The molecule has 9 nitrogen and oxygen atoms in total. The lowest BCUT2D eigenvalue weighted by atomic mass is 9.99. The molecule has 232 valence electrons. The van der Waals surface area contributed by atoms with Gasteiger partial charge in [0.05, 0.1) is 0 Å². The number of aliphatic carboxylic acids is 3. The van der Waals surface area contributed by atoms with Crippen molar-refractivity contribution in [1.29, 1.82) is 0 Å². The first kappa shape index (κ1) is 36.3. The molecule has 3 aromatic carbocycles. The van der Waals surface area contributed by atoms with Crippen LogP contribution in [-0.4, -0.2) is 64.5 Å². The van der Waals surface area contributed by atoms with Gasteiger partial charge < -0.3 is 31.1 Å². The van der Waals surface area contributed by atoms with Gasteiger partial charge in [-0.2, -0.15) is 0 Å². The second-order valence-electron chi connectivity index (χ2n) is 9.55. The number of aliphatic hydroxyl groups is 1. The highest BCUT2D eigenvalue weighted by molar-refractivity contribution is 6.35. The van der Waals surface area contributed by atoms with E-state index in [9.17, 15) is 4.79 Å². The highest BCUT2D eigenvalue weighted by atomic mass is 35.5. The van der Waals surface area contributed by atoms with Crippen molar-refractivity contribution in [2.24, 2.45) is 0 Å². The quantitative estimate of drug-likeness (QED) is 0.180. The summed E-state index contributed by atoms with van der Waals surface area (Å²) in [5.41, 5.74) is 2.91. The molecule has 43 heavy (non-hydrogen) atoms. The molecule has 0 radical (unpaired) electrons. The van der Waals surface area contributed by atoms with Gasteiger partial charge in [-0.05, 0) is 90.9 Å². The van der Waals surface area contributed by atoms with Crippen molar-refractivity contribution in [3.63, 3.8) is 0 Å². The van der Waals surface area contributed by atoms with Gasteiger partial charge in [0.2, 0.25) is 0 Å². The van der Waals surface area contributed by atoms with E-state index in [1.54, 1.807) is 42.5 Å². The number of halogens is 4. The van der Waals surface area contributed by atoms with Gasteiger partial charge in [0.15, 0.2) is 6.10 Å². The molecule has 2 heterocycles. The highest BCUT2D eigenvalue weighted by Gasteiger charge is 2.18. The standard InChI is InChI=1S/2C10H11Cl2N.C8H8O3.C2H2O4/c2*11-9-3-8(4-10(12)5-9)7-1-2-13-6-7;9-7(8(10)11)6-4-2-1-3-5-6;3-1(4)2(5)6/h2*3-5,7,13H,1-2,6H2;1-5,7,9H,(H,10,11);(H,3,4)(H,5,6)/t7-;;7-;/m0.1./s1. The normalized spacial score (nSPS) is 17.6. The summed E-state index contributed by atoms with van der Waals surface area (Å²) in [5.74, 6) is -3.71. The highest BCUT2D eigenvalue weighted by Crippen LogP contribution is 2.29. The molecule has 5 rings (SSSR count). The number of nitrogens with one attached hydrogen (secondary N) is 2. The van der Waals surface area contributed by atoms with E-state index >= 15 is 0 Å². The van der Waals surface area contributed by atoms with Gasteiger partial charge in [-0.3, -0.25) is 0 Å². The lowest BCUT2D eigenvalue weighted by molar-refractivity contribution is -0.159. The molecule has 2 aliphatic rings. The fourth-order valence-corrected chi connectivity index (χ4v) is 5.36. The Morgan fingerprint density at radius 1 is 0.651 bits per heavy atom. The maximum Gasteiger partial charge on any atom is 0.414 e. The molecule has 0 saturated carbocycles. The number of carboxylic acid groups (broad SMARTS) is 3. The number of carboxylic acids is 3. The van der Waals surface area contributed by atoms with Gasteiger partial charge in [0.1, 0.15) is 0 Å². The van der Waals surface area contributed by atoms with Gasteiger partial charge >= 0.3 is 17.9 Å². The van der Waals surface area contributed by atoms with Gasteiger partial charge in [-0.1, -0.05) is 76.7 Å². The number of rotatable bonds is 4. The second-order valence-corrected chi connectivity index (χ2v) is 11.3. The van der Waals surface area contributed by atoms with E-state index in [2.05, 4.69) is 10.6 Å². The Hall–Kier alpha value is -2.89. The van der Waals surface area contributed by atoms with Crippen LogP contribution in [0.5, 0.6) is 0 Å². The summed E-state index contributed by atoms with van der Waals surface area (Å²) >= 11 is 23.7. The topological polar surface area (TPSA) is 156 Å². The van der Waals surface area contributed by atoms with Crippen molar-refractivity contribution in [2.45, 2.75) is 30.8 Å². The molecule has 3 aromatic rings. The zero-order valence-corrected chi connectivity index (χ0v) is 25.9. The van der Waals surface area contributed by atoms with Crippen LogP contribution < -0.4 is 10.6 Å². The minimum Gasteiger partial charge on any atom is -0.479 e. The lowest BCUT2D eigenvalue weighted by Crippen LogP contribution is -2.09. The van der Waals surface area contributed by atoms with E-state index < -0.39 is 24.0 Å².